The van der Waals surface area contributed by atoms with Crippen LogP contribution < -0.4 is 4.74 Å². The maximum atomic E-state index is 12.7. The van der Waals surface area contributed by atoms with E-state index in [4.69, 9.17) is 14.2 Å². The van der Waals surface area contributed by atoms with Gasteiger partial charge in [0.2, 0.25) is 5.78 Å². The molecule has 2 unspecified atom stereocenters. The van der Waals surface area contributed by atoms with E-state index in [2.05, 4.69) is 29.1 Å². The van der Waals surface area contributed by atoms with Crippen molar-refractivity contribution >= 4 is 27.7 Å². The van der Waals surface area contributed by atoms with Gasteiger partial charge in [-0.15, -0.1) is 13.2 Å². The van der Waals surface area contributed by atoms with Gasteiger partial charge in [-0.05, 0) is 63.1 Å². The fraction of sp³-hybridized carbons (Fsp3) is 0.500. The highest BCUT2D eigenvalue weighted by molar-refractivity contribution is 9.10. The summed E-state index contributed by atoms with van der Waals surface area (Å²) in [4.78, 5) is 25.0. The number of ketones is 1. The summed E-state index contributed by atoms with van der Waals surface area (Å²) < 4.78 is 17.6. The molecule has 0 aromatic heterocycles. The van der Waals surface area contributed by atoms with E-state index in [1.54, 1.807) is 24.3 Å². The zero-order valence-electron chi connectivity index (χ0n) is 17.4. The predicted molar refractivity (Wildman–Crippen MR) is 121 cm³/mol. The molecule has 30 heavy (non-hydrogen) atoms. The van der Waals surface area contributed by atoms with Crippen LogP contribution >= 0.6 is 15.9 Å². The maximum absolute atomic E-state index is 12.7. The highest BCUT2D eigenvalue weighted by atomic mass is 79.9. The van der Waals surface area contributed by atoms with Gasteiger partial charge in [0.1, 0.15) is 5.75 Å². The summed E-state index contributed by atoms with van der Waals surface area (Å²) in [6.45, 7) is 8.07. The molecule has 2 rings (SSSR count). The van der Waals surface area contributed by atoms with Crippen LogP contribution in [0, 0.1) is 5.92 Å². The zero-order chi connectivity index (χ0) is 21.8. The molecule has 0 amide bonds. The molecule has 5 nitrogen and oxygen atoms in total. The normalized spacial score (nSPS) is 18.0. The minimum Gasteiger partial charge on any atom is -0.493 e. The van der Waals surface area contributed by atoms with Gasteiger partial charge >= 0.3 is 5.97 Å². The van der Waals surface area contributed by atoms with Crippen molar-refractivity contribution in [2.24, 2.45) is 5.92 Å². The van der Waals surface area contributed by atoms with Crippen LogP contribution in [-0.4, -0.2) is 37.7 Å². The lowest BCUT2D eigenvalue weighted by Crippen LogP contribution is -2.21. The third-order valence-corrected chi connectivity index (χ3v) is 5.56. The lowest BCUT2D eigenvalue weighted by molar-refractivity contribution is -0.147. The van der Waals surface area contributed by atoms with Crippen LogP contribution in [0.15, 0.2) is 48.0 Å². The summed E-state index contributed by atoms with van der Waals surface area (Å²) in [5.74, 6) is -0.318. The number of carbonyl (C=O) groups excluding carboxylic acids is 2. The second-order valence-corrected chi connectivity index (χ2v) is 8.33. The number of hydrogen-bond acceptors (Lipinski definition) is 5. The van der Waals surface area contributed by atoms with E-state index < -0.39 is 0 Å². The fourth-order valence-electron chi connectivity index (χ4n) is 3.44. The molecule has 0 heterocycles. The predicted octanol–water partition coefficient (Wildman–Crippen LogP) is 5.67. The number of ether oxygens (including phenoxy) is 3. The molecule has 164 valence electrons. The average molecular weight is 479 g/mol. The monoisotopic (exact) mass is 478 g/mol. The van der Waals surface area contributed by atoms with E-state index in [0.717, 1.165) is 36.6 Å². The summed E-state index contributed by atoms with van der Waals surface area (Å²) in [5, 5.41) is 0. The number of rotatable bonds is 14. The van der Waals surface area contributed by atoms with E-state index in [-0.39, 0.29) is 30.4 Å². The van der Waals surface area contributed by atoms with Gasteiger partial charge in [-0.1, -0.05) is 28.1 Å². The van der Waals surface area contributed by atoms with E-state index in [9.17, 15) is 9.59 Å². The first-order valence-electron chi connectivity index (χ1n) is 10.5. The number of esters is 1. The molecule has 0 saturated heterocycles. The zero-order valence-corrected chi connectivity index (χ0v) is 19.0. The molecule has 2 atom stereocenters. The van der Waals surface area contributed by atoms with Gasteiger partial charge in [0, 0.05) is 4.47 Å². The molecule has 1 aromatic rings. The minimum atomic E-state index is -0.338. The molecule has 0 aliphatic heterocycles. The second-order valence-electron chi connectivity index (χ2n) is 7.41. The molecule has 1 aromatic carbocycles. The maximum Gasteiger partial charge on any atom is 0.309 e. The quantitative estimate of drug-likeness (QED) is 0.149. The van der Waals surface area contributed by atoms with Crippen molar-refractivity contribution in [1.29, 1.82) is 0 Å². The van der Waals surface area contributed by atoms with Gasteiger partial charge in [-0.25, -0.2) is 0 Å². The van der Waals surface area contributed by atoms with Crippen molar-refractivity contribution in [1.82, 2.24) is 0 Å². The van der Waals surface area contributed by atoms with Gasteiger partial charge in [0.25, 0.3) is 0 Å². The first-order valence-corrected chi connectivity index (χ1v) is 11.3. The topological polar surface area (TPSA) is 61.8 Å². The average Bonchev–Trinajstić information content (AvgIpc) is 3.22. The van der Waals surface area contributed by atoms with Crippen LogP contribution in [0.25, 0.3) is 0 Å². The molecule has 1 saturated carbocycles. The molecule has 1 fully saturated rings. The molecule has 1 aliphatic carbocycles. The first kappa shape index (κ1) is 24.4. The third kappa shape index (κ3) is 8.07. The summed E-state index contributed by atoms with van der Waals surface area (Å²) in [6.07, 6.45) is 9.83. The van der Waals surface area contributed by atoms with Crippen LogP contribution in [0.3, 0.4) is 0 Å². The first-order chi connectivity index (χ1) is 14.5. The Bertz CT molecular complexity index is 730. The molecule has 0 radical (unpaired) electrons. The molecule has 1 aliphatic rings. The van der Waals surface area contributed by atoms with Crippen LogP contribution in [0.4, 0.5) is 0 Å². The van der Waals surface area contributed by atoms with Crippen molar-refractivity contribution in [2.75, 3.05) is 19.8 Å². The number of halogens is 1. The van der Waals surface area contributed by atoms with Crippen LogP contribution in [0.2, 0.25) is 0 Å². The van der Waals surface area contributed by atoms with E-state index in [1.165, 1.54) is 0 Å². The van der Waals surface area contributed by atoms with Crippen LogP contribution in [0.1, 0.15) is 55.3 Å². The van der Waals surface area contributed by atoms with E-state index in [0.29, 0.717) is 37.4 Å². The Hall–Kier alpha value is -1.92. The third-order valence-electron chi connectivity index (χ3n) is 5.07. The molecule has 0 N–H and O–H groups in total. The smallest absolute Gasteiger partial charge is 0.309 e. The minimum absolute atomic E-state index is 0.0502. The Labute approximate surface area is 187 Å². The molecule has 0 spiro atoms. The van der Waals surface area contributed by atoms with Gasteiger partial charge in [-0.3, -0.25) is 9.59 Å². The summed E-state index contributed by atoms with van der Waals surface area (Å²) >= 11 is 3.41. The highest BCUT2D eigenvalue weighted by Crippen LogP contribution is 2.29. The number of unbranched alkanes of at least 4 members (excludes halogenated alkanes) is 3. The van der Waals surface area contributed by atoms with Crippen molar-refractivity contribution in [3.05, 3.63) is 53.5 Å². The second kappa shape index (κ2) is 13.4. The standard InChI is InChI=1S/C24H31BrO5/c1-3-5-6-7-8-14-29-23-16-19(25)10-12-21(23)22(26)17-30-24(27)18-9-11-20(15-18)28-13-4-2/h3-4,10,12,16,18,20H,1-2,5-9,11,13-15,17H2. The Morgan fingerprint density at radius 2 is 1.97 bits per heavy atom. The Kier molecular flexibility index (Phi) is 10.9. The molecular formula is C24H31BrO5. The number of hydrogen-bond donors (Lipinski definition) is 0. The lowest BCUT2D eigenvalue weighted by atomic mass is 10.1. The summed E-state index contributed by atoms with van der Waals surface area (Å²) in [7, 11) is 0. The Morgan fingerprint density at radius 1 is 1.13 bits per heavy atom. The Balaban J connectivity index is 1.83. The van der Waals surface area contributed by atoms with Crippen LogP contribution in [-0.2, 0) is 14.3 Å². The fourth-order valence-corrected chi connectivity index (χ4v) is 3.78. The van der Waals surface area contributed by atoms with Crippen molar-refractivity contribution < 1.29 is 23.8 Å². The van der Waals surface area contributed by atoms with Gasteiger partial charge in [-0.2, -0.15) is 0 Å². The SMILES string of the molecule is C=CCCCCCOc1cc(Br)ccc1C(=O)COC(=O)C1CCC(OCC=C)C1. The van der Waals surface area contributed by atoms with E-state index in [1.807, 2.05) is 6.08 Å². The van der Waals surface area contributed by atoms with Gasteiger partial charge < -0.3 is 14.2 Å². The van der Waals surface area contributed by atoms with Crippen LogP contribution in [0.5, 0.6) is 5.75 Å². The number of Topliss-reactive ketones (excluding diaryl/α,β-unsaturated/α-hetero) is 1. The number of allylic oxidation sites excluding steroid dienone is 1. The number of benzene rings is 1. The summed E-state index contributed by atoms with van der Waals surface area (Å²) in [6, 6.07) is 5.25. The lowest BCUT2D eigenvalue weighted by Gasteiger charge is -2.13. The van der Waals surface area contributed by atoms with E-state index >= 15 is 0 Å². The van der Waals surface area contributed by atoms with Gasteiger partial charge in [0.05, 0.1) is 30.8 Å². The number of carbonyl (C=O) groups is 2. The largest absolute Gasteiger partial charge is 0.493 e. The van der Waals surface area contributed by atoms with Crippen molar-refractivity contribution in [3.63, 3.8) is 0 Å². The Morgan fingerprint density at radius 3 is 2.73 bits per heavy atom. The van der Waals surface area contributed by atoms with Gasteiger partial charge in [0.15, 0.2) is 6.61 Å². The van der Waals surface area contributed by atoms with Crippen molar-refractivity contribution in [3.8, 4) is 5.75 Å². The summed E-state index contributed by atoms with van der Waals surface area (Å²) in [5.41, 5.74) is 0.427. The molecular weight excluding hydrogens is 448 g/mol. The van der Waals surface area contributed by atoms with Crippen molar-refractivity contribution in [2.45, 2.75) is 51.0 Å². The molecule has 0 bridgehead atoms. The molecule has 6 heteroatoms. The highest BCUT2D eigenvalue weighted by Gasteiger charge is 2.32.